The lowest BCUT2D eigenvalue weighted by atomic mass is 10.2. The molecule has 0 aliphatic heterocycles. The summed E-state index contributed by atoms with van der Waals surface area (Å²) in [5.41, 5.74) is 3.25. The van der Waals surface area contributed by atoms with E-state index in [2.05, 4.69) is 21.0 Å². The molecule has 0 unspecified atom stereocenters. The van der Waals surface area contributed by atoms with Crippen LogP contribution >= 0.6 is 0 Å². The second-order valence-electron chi connectivity index (χ2n) is 7.14. The van der Waals surface area contributed by atoms with Gasteiger partial charge in [-0.25, -0.2) is 9.48 Å². The summed E-state index contributed by atoms with van der Waals surface area (Å²) >= 11 is 0. The van der Waals surface area contributed by atoms with Crippen LogP contribution in [0.1, 0.15) is 17.7 Å². The van der Waals surface area contributed by atoms with Gasteiger partial charge in [0.15, 0.2) is 0 Å². The molecular weight excluding hydrogens is 406 g/mol. The summed E-state index contributed by atoms with van der Waals surface area (Å²) in [4.78, 5) is 24.2. The van der Waals surface area contributed by atoms with E-state index in [1.165, 1.54) is 0 Å². The number of benzene rings is 2. The zero-order valence-electron chi connectivity index (χ0n) is 17.3. The molecule has 2 heterocycles. The molecule has 8 heteroatoms. The number of anilines is 2. The Labute approximate surface area is 185 Å². The topological polar surface area (TPSA) is 101 Å². The van der Waals surface area contributed by atoms with E-state index in [-0.39, 0.29) is 11.9 Å². The van der Waals surface area contributed by atoms with E-state index in [0.717, 1.165) is 11.3 Å². The van der Waals surface area contributed by atoms with Gasteiger partial charge in [-0.3, -0.25) is 4.79 Å². The van der Waals surface area contributed by atoms with Gasteiger partial charge in [-0.1, -0.05) is 18.2 Å². The number of para-hydroxylation sites is 1. The minimum absolute atomic E-state index is 0.0886. The Kier molecular flexibility index (Phi) is 6.62. The number of carbonyl (C=O) groups is 2. The maximum absolute atomic E-state index is 12.3. The van der Waals surface area contributed by atoms with Gasteiger partial charge in [-0.2, -0.15) is 5.10 Å². The molecule has 0 fully saturated rings. The third kappa shape index (κ3) is 5.85. The predicted octanol–water partition coefficient (Wildman–Crippen LogP) is 4.36. The Bertz CT molecular complexity index is 1150. The number of nitrogens with zero attached hydrogens (tertiary/aromatic N) is 2. The number of carbonyl (C=O) groups excluding carboxylic acids is 2. The zero-order valence-corrected chi connectivity index (χ0v) is 17.3. The molecule has 0 aliphatic rings. The second kappa shape index (κ2) is 10.1. The van der Waals surface area contributed by atoms with Crippen molar-refractivity contribution in [1.82, 2.24) is 15.1 Å². The van der Waals surface area contributed by atoms with Crippen molar-refractivity contribution in [3.63, 3.8) is 0 Å². The lowest BCUT2D eigenvalue weighted by Crippen LogP contribution is -2.27. The first-order chi connectivity index (χ1) is 15.7. The van der Waals surface area contributed by atoms with Crippen LogP contribution < -0.4 is 16.0 Å². The van der Waals surface area contributed by atoms with Crippen LogP contribution in [0.4, 0.5) is 16.2 Å². The molecule has 0 radical (unpaired) electrons. The fourth-order valence-corrected chi connectivity index (χ4v) is 3.09. The molecule has 0 saturated carbocycles. The zero-order chi connectivity index (χ0) is 22.2. The molecular formula is C24H23N5O3. The van der Waals surface area contributed by atoms with E-state index in [9.17, 15) is 9.59 Å². The molecule has 32 heavy (non-hydrogen) atoms. The van der Waals surface area contributed by atoms with Crippen molar-refractivity contribution in [3.05, 3.63) is 96.7 Å². The first-order valence-electron chi connectivity index (χ1n) is 10.2. The number of rotatable bonds is 8. The standard InChI is InChI=1S/C24H23N5O3/c30-23(13-8-18-15-26-29(17-18)21-5-2-1-3-6-21)27-19-9-11-20(12-10-19)28-24(31)25-16-22-7-4-14-32-22/h1-7,9-12,14-15,17H,8,13,16H2,(H,27,30)(H2,25,28,31). The minimum atomic E-state index is -0.339. The fourth-order valence-electron chi connectivity index (χ4n) is 3.09. The van der Waals surface area contributed by atoms with Gasteiger partial charge in [-0.15, -0.1) is 0 Å². The van der Waals surface area contributed by atoms with Crippen molar-refractivity contribution in [1.29, 1.82) is 0 Å². The van der Waals surface area contributed by atoms with Gasteiger partial charge in [0.1, 0.15) is 5.76 Å². The molecule has 0 atom stereocenters. The summed E-state index contributed by atoms with van der Waals surface area (Å²) in [5.74, 6) is 0.583. The molecule has 0 aliphatic carbocycles. The lowest BCUT2D eigenvalue weighted by molar-refractivity contribution is -0.116. The van der Waals surface area contributed by atoms with Crippen LogP contribution in [-0.2, 0) is 17.8 Å². The summed E-state index contributed by atoms with van der Waals surface area (Å²) < 4.78 is 6.96. The summed E-state index contributed by atoms with van der Waals surface area (Å²) in [5, 5.41) is 12.7. The highest BCUT2D eigenvalue weighted by molar-refractivity contribution is 5.92. The van der Waals surface area contributed by atoms with Crippen molar-refractivity contribution < 1.29 is 14.0 Å². The van der Waals surface area contributed by atoms with Crippen LogP contribution in [0.5, 0.6) is 0 Å². The second-order valence-corrected chi connectivity index (χ2v) is 7.14. The number of aromatic nitrogens is 2. The van der Waals surface area contributed by atoms with Gasteiger partial charge in [0.25, 0.3) is 0 Å². The quantitative estimate of drug-likeness (QED) is 0.387. The molecule has 2 aromatic heterocycles. The number of aryl methyl sites for hydroxylation is 1. The molecule has 2 aromatic carbocycles. The normalized spacial score (nSPS) is 10.5. The molecule has 8 nitrogen and oxygen atoms in total. The smallest absolute Gasteiger partial charge is 0.319 e. The van der Waals surface area contributed by atoms with Gasteiger partial charge in [0.2, 0.25) is 5.91 Å². The van der Waals surface area contributed by atoms with Crippen LogP contribution in [0.3, 0.4) is 0 Å². The van der Waals surface area contributed by atoms with E-state index in [4.69, 9.17) is 4.42 Å². The van der Waals surface area contributed by atoms with Crippen LogP contribution in [0.15, 0.2) is 89.8 Å². The first kappa shape index (κ1) is 20.9. The number of hydrogen-bond donors (Lipinski definition) is 3. The van der Waals surface area contributed by atoms with Gasteiger partial charge in [-0.05, 0) is 60.5 Å². The van der Waals surface area contributed by atoms with E-state index in [1.54, 1.807) is 53.5 Å². The average Bonchev–Trinajstić information content (AvgIpc) is 3.51. The number of amides is 3. The van der Waals surface area contributed by atoms with Crippen LogP contribution in [0, 0.1) is 0 Å². The number of nitrogens with one attached hydrogen (secondary N) is 3. The van der Waals surface area contributed by atoms with Gasteiger partial charge < -0.3 is 20.4 Å². The predicted molar refractivity (Wildman–Crippen MR) is 122 cm³/mol. The van der Waals surface area contributed by atoms with Gasteiger partial charge in [0, 0.05) is 24.0 Å². The summed E-state index contributed by atoms with van der Waals surface area (Å²) in [6, 6.07) is 20.0. The maximum atomic E-state index is 12.3. The van der Waals surface area contributed by atoms with Gasteiger partial charge in [0.05, 0.1) is 24.7 Å². The van der Waals surface area contributed by atoms with Crippen LogP contribution in [-0.4, -0.2) is 21.7 Å². The molecule has 3 amide bonds. The number of hydrogen-bond acceptors (Lipinski definition) is 4. The fraction of sp³-hybridized carbons (Fsp3) is 0.125. The largest absolute Gasteiger partial charge is 0.467 e. The highest BCUT2D eigenvalue weighted by Crippen LogP contribution is 2.15. The molecule has 162 valence electrons. The highest BCUT2D eigenvalue weighted by atomic mass is 16.3. The van der Waals surface area contributed by atoms with Crippen molar-refractivity contribution in [3.8, 4) is 5.69 Å². The van der Waals surface area contributed by atoms with E-state index < -0.39 is 0 Å². The summed E-state index contributed by atoms with van der Waals surface area (Å²) in [6.07, 6.45) is 6.20. The monoisotopic (exact) mass is 429 g/mol. The first-order valence-corrected chi connectivity index (χ1v) is 10.2. The van der Waals surface area contributed by atoms with E-state index in [0.29, 0.717) is 36.5 Å². The third-order valence-corrected chi connectivity index (χ3v) is 4.73. The molecule has 0 bridgehead atoms. The molecule has 0 saturated heterocycles. The highest BCUT2D eigenvalue weighted by Gasteiger charge is 2.07. The summed E-state index contributed by atoms with van der Waals surface area (Å²) in [6.45, 7) is 0.303. The Morgan fingerprint density at radius 2 is 1.66 bits per heavy atom. The van der Waals surface area contributed by atoms with Crippen LogP contribution in [0.2, 0.25) is 0 Å². The summed E-state index contributed by atoms with van der Waals surface area (Å²) in [7, 11) is 0. The lowest BCUT2D eigenvalue weighted by Gasteiger charge is -2.08. The Hall–Kier alpha value is -4.33. The Balaban J connectivity index is 1.21. The molecule has 3 N–H and O–H groups in total. The van der Waals surface area contributed by atoms with Crippen molar-refractivity contribution in [2.45, 2.75) is 19.4 Å². The number of furan rings is 1. The average molecular weight is 429 g/mol. The molecule has 4 aromatic rings. The Morgan fingerprint density at radius 3 is 2.38 bits per heavy atom. The van der Waals surface area contributed by atoms with Crippen molar-refractivity contribution >= 4 is 23.3 Å². The van der Waals surface area contributed by atoms with E-state index >= 15 is 0 Å². The Morgan fingerprint density at radius 1 is 0.906 bits per heavy atom. The van der Waals surface area contributed by atoms with E-state index in [1.807, 2.05) is 36.5 Å². The van der Waals surface area contributed by atoms with Crippen LogP contribution in [0.25, 0.3) is 5.69 Å². The minimum Gasteiger partial charge on any atom is -0.467 e. The molecule has 0 spiro atoms. The van der Waals surface area contributed by atoms with Gasteiger partial charge >= 0.3 is 6.03 Å². The van der Waals surface area contributed by atoms with Crippen molar-refractivity contribution in [2.75, 3.05) is 10.6 Å². The maximum Gasteiger partial charge on any atom is 0.319 e. The number of urea groups is 1. The SMILES string of the molecule is O=C(CCc1cnn(-c2ccccc2)c1)Nc1ccc(NC(=O)NCc2ccco2)cc1. The third-order valence-electron chi connectivity index (χ3n) is 4.73. The molecule has 4 rings (SSSR count). The van der Waals surface area contributed by atoms with Crippen molar-refractivity contribution in [2.24, 2.45) is 0 Å².